The Balaban J connectivity index is 1.80. The largest absolute Gasteiger partial charge is 0.419 e. The van der Waals surface area contributed by atoms with Crippen LogP contribution in [0.3, 0.4) is 0 Å². The molecule has 21 heavy (non-hydrogen) atoms. The fourth-order valence-electron chi connectivity index (χ4n) is 2.27. The average molecular weight is 344 g/mol. The Morgan fingerprint density at radius 3 is 2.67 bits per heavy atom. The fourth-order valence-corrected chi connectivity index (χ4v) is 3.50. The summed E-state index contributed by atoms with van der Waals surface area (Å²) in [6, 6.07) is 5.43. The Labute approximate surface area is 137 Å². The molecule has 1 saturated heterocycles. The maximum Gasteiger partial charge on any atom is 0.247 e. The third-order valence-electron chi connectivity index (χ3n) is 3.56. The second kappa shape index (κ2) is 6.57. The normalized spacial score (nSPS) is 17.9. The summed E-state index contributed by atoms with van der Waals surface area (Å²) in [4.78, 5) is 2.36. The van der Waals surface area contributed by atoms with Gasteiger partial charge in [0.25, 0.3) is 0 Å². The molecular weight excluding hydrogens is 329 g/mol. The minimum absolute atomic E-state index is 0.134. The van der Waals surface area contributed by atoms with Gasteiger partial charge >= 0.3 is 0 Å². The molecule has 0 N–H and O–H groups in total. The first-order valence-corrected chi connectivity index (χ1v) is 8.67. The Hall–Kier alpha value is -0.750. The first kappa shape index (κ1) is 15.2. The lowest BCUT2D eigenvalue weighted by Crippen LogP contribution is -2.34. The summed E-state index contributed by atoms with van der Waals surface area (Å²) in [5, 5.41) is 9.30. The van der Waals surface area contributed by atoms with Crippen LogP contribution < -0.4 is 0 Å². The van der Waals surface area contributed by atoms with Gasteiger partial charge in [-0.05, 0) is 25.1 Å². The monoisotopic (exact) mass is 343 g/mol. The molecule has 0 unspecified atom stereocenters. The number of benzene rings is 1. The minimum atomic E-state index is 0.134. The molecule has 3 rings (SSSR count). The summed E-state index contributed by atoms with van der Waals surface area (Å²) in [6.07, 6.45) is 0. The van der Waals surface area contributed by atoms with Crippen LogP contribution in [0.1, 0.15) is 18.9 Å². The van der Waals surface area contributed by atoms with Crippen molar-refractivity contribution in [1.82, 2.24) is 15.1 Å². The fraction of sp³-hybridized carbons (Fsp3) is 0.429. The second-order valence-electron chi connectivity index (χ2n) is 4.90. The lowest BCUT2D eigenvalue weighted by molar-refractivity contribution is 0.202. The van der Waals surface area contributed by atoms with Crippen LogP contribution in [-0.4, -0.2) is 39.7 Å². The van der Waals surface area contributed by atoms with E-state index in [2.05, 4.69) is 22.0 Å². The molecule has 1 atom stereocenters. The lowest BCUT2D eigenvalue weighted by Gasteiger charge is -2.29. The smallest absolute Gasteiger partial charge is 0.247 e. The van der Waals surface area contributed by atoms with E-state index in [9.17, 15) is 0 Å². The van der Waals surface area contributed by atoms with Gasteiger partial charge in [-0.2, -0.15) is 11.8 Å². The van der Waals surface area contributed by atoms with Crippen molar-refractivity contribution in [2.45, 2.75) is 13.0 Å². The molecule has 2 aromatic rings. The van der Waals surface area contributed by atoms with Gasteiger partial charge in [-0.3, -0.25) is 4.90 Å². The van der Waals surface area contributed by atoms with Crippen molar-refractivity contribution in [3.8, 4) is 11.5 Å². The highest BCUT2D eigenvalue weighted by atomic mass is 35.5. The van der Waals surface area contributed by atoms with Gasteiger partial charge in [-0.15, -0.1) is 10.2 Å². The molecule has 0 amide bonds. The van der Waals surface area contributed by atoms with Crippen molar-refractivity contribution in [2.75, 3.05) is 24.6 Å². The van der Waals surface area contributed by atoms with Gasteiger partial charge in [0.2, 0.25) is 11.8 Å². The summed E-state index contributed by atoms with van der Waals surface area (Å²) in [7, 11) is 0. The molecule has 1 aliphatic heterocycles. The van der Waals surface area contributed by atoms with Crippen molar-refractivity contribution >= 4 is 35.0 Å². The predicted octanol–water partition coefficient (Wildman–Crippen LogP) is 4.15. The van der Waals surface area contributed by atoms with Crippen LogP contribution in [0.4, 0.5) is 0 Å². The third-order valence-corrected chi connectivity index (χ3v) is 5.24. The first-order valence-electron chi connectivity index (χ1n) is 6.76. The number of hydrogen-bond acceptors (Lipinski definition) is 5. The Kier molecular flexibility index (Phi) is 4.74. The van der Waals surface area contributed by atoms with E-state index in [1.807, 2.05) is 17.8 Å². The number of hydrogen-bond donors (Lipinski definition) is 0. The molecule has 7 heteroatoms. The molecule has 112 valence electrons. The number of nitrogens with zero attached hydrogens (tertiary/aromatic N) is 3. The third kappa shape index (κ3) is 3.37. The summed E-state index contributed by atoms with van der Waals surface area (Å²) in [5.41, 5.74) is 0.782. The van der Waals surface area contributed by atoms with Gasteiger partial charge in [0.05, 0.1) is 16.1 Å². The molecule has 4 nitrogen and oxygen atoms in total. The van der Waals surface area contributed by atoms with Crippen molar-refractivity contribution in [1.29, 1.82) is 0 Å². The van der Waals surface area contributed by atoms with Crippen molar-refractivity contribution in [2.24, 2.45) is 0 Å². The molecule has 1 fully saturated rings. The molecular formula is C14H15Cl2N3OS. The number of halogens is 2. The summed E-state index contributed by atoms with van der Waals surface area (Å²) < 4.78 is 5.81. The SMILES string of the molecule is C[C@@H](c1nnc(-c2ccc(Cl)c(Cl)c2)o1)N1CCSCC1. The summed E-state index contributed by atoms with van der Waals surface area (Å²) in [5.74, 6) is 3.42. The van der Waals surface area contributed by atoms with E-state index in [1.165, 1.54) is 0 Å². The Morgan fingerprint density at radius 1 is 1.19 bits per heavy atom. The van der Waals surface area contributed by atoms with E-state index in [-0.39, 0.29) is 6.04 Å². The standard InChI is InChI=1S/C14H15Cl2N3OS/c1-9(19-4-6-21-7-5-19)13-17-18-14(20-13)10-2-3-11(15)12(16)8-10/h2-3,8-9H,4-7H2,1H3/t9-/m0/s1. The zero-order valence-corrected chi connectivity index (χ0v) is 13.9. The van der Waals surface area contributed by atoms with Crippen LogP contribution in [0, 0.1) is 0 Å². The Morgan fingerprint density at radius 2 is 1.95 bits per heavy atom. The quantitative estimate of drug-likeness (QED) is 0.837. The van der Waals surface area contributed by atoms with Crippen LogP contribution in [0.25, 0.3) is 11.5 Å². The number of rotatable bonds is 3. The highest BCUT2D eigenvalue weighted by Crippen LogP contribution is 2.29. The van der Waals surface area contributed by atoms with Crippen LogP contribution >= 0.6 is 35.0 Å². The summed E-state index contributed by atoms with van der Waals surface area (Å²) >= 11 is 13.9. The Bertz CT molecular complexity index is 628. The van der Waals surface area contributed by atoms with E-state index in [1.54, 1.807) is 12.1 Å². The van der Waals surface area contributed by atoms with Gasteiger partial charge < -0.3 is 4.42 Å². The molecule has 0 spiro atoms. The van der Waals surface area contributed by atoms with Crippen LogP contribution in [0.5, 0.6) is 0 Å². The molecule has 1 aliphatic rings. The molecule has 1 aromatic carbocycles. The zero-order chi connectivity index (χ0) is 14.8. The number of thioether (sulfide) groups is 1. The van der Waals surface area contributed by atoms with Crippen LogP contribution in [-0.2, 0) is 0 Å². The van der Waals surface area contributed by atoms with E-state index in [0.717, 1.165) is 30.2 Å². The maximum absolute atomic E-state index is 6.02. The van der Waals surface area contributed by atoms with Crippen LogP contribution in [0.15, 0.2) is 22.6 Å². The van der Waals surface area contributed by atoms with E-state index >= 15 is 0 Å². The second-order valence-corrected chi connectivity index (χ2v) is 6.94. The van der Waals surface area contributed by atoms with E-state index in [4.69, 9.17) is 27.6 Å². The first-order chi connectivity index (χ1) is 10.1. The zero-order valence-electron chi connectivity index (χ0n) is 11.6. The maximum atomic E-state index is 6.02. The van der Waals surface area contributed by atoms with Gasteiger partial charge in [-0.25, -0.2) is 0 Å². The van der Waals surface area contributed by atoms with Gasteiger partial charge in [-0.1, -0.05) is 23.2 Å². The van der Waals surface area contributed by atoms with Crippen LogP contribution in [0.2, 0.25) is 10.0 Å². The number of aromatic nitrogens is 2. The summed E-state index contributed by atoms with van der Waals surface area (Å²) in [6.45, 7) is 4.20. The highest BCUT2D eigenvalue weighted by molar-refractivity contribution is 7.99. The van der Waals surface area contributed by atoms with Crippen molar-refractivity contribution < 1.29 is 4.42 Å². The van der Waals surface area contributed by atoms with Gasteiger partial charge in [0.1, 0.15) is 0 Å². The van der Waals surface area contributed by atoms with Gasteiger partial charge in [0, 0.05) is 30.2 Å². The minimum Gasteiger partial charge on any atom is -0.419 e. The molecule has 0 radical (unpaired) electrons. The molecule has 0 bridgehead atoms. The molecule has 1 aromatic heterocycles. The average Bonchev–Trinajstić information content (AvgIpc) is 3.00. The van der Waals surface area contributed by atoms with E-state index in [0.29, 0.717) is 21.8 Å². The van der Waals surface area contributed by atoms with Gasteiger partial charge in [0.15, 0.2) is 0 Å². The molecule has 0 aliphatic carbocycles. The van der Waals surface area contributed by atoms with Crippen molar-refractivity contribution in [3.63, 3.8) is 0 Å². The van der Waals surface area contributed by atoms with E-state index < -0.39 is 0 Å². The lowest BCUT2D eigenvalue weighted by atomic mass is 10.2. The van der Waals surface area contributed by atoms with Crippen molar-refractivity contribution in [3.05, 3.63) is 34.1 Å². The predicted molar refractivity (Wildman–Crippen MR) is 87.1 cm³/mol. The topological polar surface area (TPSA) is 42.2 Å². The molecule has 0 saturated carbocycles. The highest BCUT2D eigenvalue weighted by Gasteiger charge is 2.23. The molecule has 2 heterocycles.